The summed E-state index contributed by atoms with van der Waals surface area (Å²) in [6.07, 6.45) is 4.01. The molecule has 1 aromatic carbocycles. The number of carbonyl (C=O) groups is 1. The minimum atomic E-state index is -0.0270. The van der Waals surface area contributed by atoms with Gasteiger partial charge >= 0.3 is 0 Å². The third-order valence-electron chi connectivity index (χ3n) is 3.27. The Kier molecular flexibility index (Phi) is 2.95. The molecule has 0 saturated carbocycles. The van der Waals surface area contributed by atoms with Crippen LogP contribution >= 0.6 is 24.0 Å². The molecule has 96 valence electrons. The zero-order chi connectivity index (χ0) is 13.6. The van der Waals surface area contributed by atoms with Crippen molar-refractivity contribution in [3.8, 4) is 0 Å². The summed E-state index contributed by atoms with van der Waals surface area (Å²) < 4.78 is 0.605. The van der Waals surface area contributed by atoms with Crippen molar-refractivity contribution in [2.75, 3.05) is 19.0 Å². The number of allylic oxidation sites excluding steroid dienone is 1. The van der Waals surface area contributed by atoms with Crippen LogP contribution in [-0.2, 0) is 4.79 Å². The molecule has 2 heterocycles. The number of carbonyl (C=O) groups excluding carboxylic acids is 1. The molecule has 3 rings (SSSR count). The molecule has 1 aromatic rings. The van der Waals surface area contributed by atoms with E-state index in [1.54, 1.807) is 7.05 Å². The molecule has 0 N–H and O–H groups in total. The number of fused-ring (bicyclic) bond motifs is 1. The van der Waals surface area contributed by atoms with Crippen LogP contribution in [0.15, 0.2) is 40.9 Å². The van der Waals surface area contributed by atoms with Crippen LogP contribution in [-0.4, -0.2) is 29.2 Å². The Morgan fingerprint density at radius 2 is 1.84 bits per heavy atom. The summed E-state index contributed by atoms with van der Waals surface area (Å²) in [5, 5.41) is 0. The number of thioether (sulfide) groups is 1. The second kappa shape index (κ2) is 4.51. The molecule has 2 aliphatic rings. The van der Waals surface area contributed by atoms with Crippen LogP contribution in [0, 0.1) is 0 Å². The molecule has 3 nitrogen and oxygen atoms in total. The summed E-state index contributed by atoms with van der Waals surface area (Å²) in [6, 6.07) is 8.11. The number of hydrogen-bond donors (Lipinski definition) is 0. The molecule has 1 saturated heterocycles. The molecule has 1 fully saturated rings. The lowest BCUT2D eigenvalue weighted by molar-refractivity contribution is -0.121. The van der Waals surface area contributed by atoms with Gasteiger partial charge in [-0.3, -0.25) is 9.69 Å². The van der Waals surface area contributed by atoms with Crippen molar-refractivity contribution < 1.29 is 4.79 Å². The second-order valence-electron chi connectivity index (χ2n) is 4.40. The van der Waals surface area contributed by atoms with Gasteiger partial charge in [0.2, 0.25) is 0 Å². The van der Waals surface area contributed by atoms with Gasteiger partial charge in [0.25, 0.3) is 5.91 Å². The number of anilines is 1. The topological polar surface area (TPSA) is 23.6 Å². The molecule has 0 atom stereocenters. The van der Waals surface area contributed by atoms with Gasteiger partial charge in [0.05, 0.1) is 5.70 Å². The van der Waals surface area contributed by atoms with Gasteiger partial charge in [0.15, 0.2) is 0 Å². The van der Waals surface area contributed by atoms with Gasteiger partial charge in [-0.1, -0.05) is 48.3 Å². The van der Waals surface area contributed by atoms with E-state index in [-0.39, 0.29) is 5.91 Å². The number of para-hydroxylation sites is 1. The number of likely N-dealkylation sites (N-methyl/N-ethyl adjacent to an activating group) is 2. The number of nitrogens with zero attached hydrogens (tertiary/aromatic N) is 2. The number of hydrogen-bond acceptors (Lipinski definition) is 4. The maximum absolute atomic E-state index is 12.2. The summed E-state index contributed by atoms with van der Waals surface area (Å²) in [5.41, 5.74) is 3.16. The van der Waals surface area contributed by atoms with Crippen molar-refractivity contribution in [2.24, 2.45) is 0 Å². The van der Waals surface area contributed by atoms with Crippen LogP contribution in [0.25, 0.3) is 6.08 Å². The fourth-order valence-electron chi connectivity index (χ4n) is 2.17. The number of amides is 1. The van der Waals surface area contributed by atoms with Crippen LogP contribution in [0.3, 0.4) is 0 Å². The Bertz CT molecular complexity index is 649. The Balaban J connectivity index is 2.10. The first-order valence-corrected chi connectivity index (χ1v) is 7.07. The highest BCUT2D eigenvalue weighted by Gasteiger charge is 2.33. The maximum atomic E-state index is 12.2. The van der Waals surface area contributed by atoms with E-state index in [1.165, 1.54) is 16.7 Å². The molecule has 0 radical (unpaired) electrons. The lowest BCUT2D eigenvalue weighted by Gasteiger charge is -2.27. The van der Waals surface area contributed by atoms with Crippen LogP contribution in [0.1, 0.15) is 5.56 Å². The van der Waals surface area contributed by atoms with Crippen molar-refractivity contribution in [2.45, 2.75) is 0 Å². The summed E-state index contributed by atoms with van der Waals surface area (Å²) in [7, 11) is 3.69. The normalized spacial score (nSPS) is 22.2. The smallest absolute Gasteiger partial charge is 0.268 e. The SMILES string of the molecule is CN1C(=O)/C(=C2\C=Cc3ccccc3N2C)SC1=S. The molecule has 0 bridgehead atoms. The molecular weight excluding hydrogens is 276 g/mol. The molecule has 5 heteroatoms. The number of rotatable bonds is 0. The predicted octanol–water partition coefficient (Wildman–Crippen LogP) is 2.85. The molecule has 1 amide bonds. The standard InChI is InChI=1S/C14H12N2OS2/c1-15-10-6-4-3-5-9(10)7-8-11(15)12-13(17)16(2)14(18)19-12/h3-8H,1-2H3/b12-11-. The largest absolute Gasteiger partial charge is 0.343 e. The zero-order valence-corrected chi connectivity index (χ0v) is 12.2. The molecule has 0 spiro atoms. The van der Waals surface area contributed by atoms with Gasteiger partial charge in [-0.25, -0.2) is 0 Å². The first kappa shape index (κ1) is 12.4. The van der Waals surface area contributed by atoms with Gasteiger partial charge in [-0.15, -0.1) is 0 Å². The Hall–Kier alpha value is -1.59. The number of thiocarbonyl (C=S) groups is 1. The van der Waals surface area contributed by atoms with Crippen LogP contribution in [0.4, 0.5) is 5.69 Å². The summed E-state index contributed by atoms with van der Waals surface area (Å²) >= 11 is 6.53. The number of benzene rings is 1. The fraction of sp³-hybridized carbons (Fsp3) is 0.143. The van der Waals surface area contributed by atoms with Crippen molar-refractivity contribution in [1.82, 2.24) is 4.90 Å². The van der Waals surface area contributed by atoms with Gasteiger partial charge < -0.3 is 4.90 Å². The van der Waals surface area contributed by atoms with E-state index < -0.39 is 0 Å². The van der Waals surface area contributed by atoms with Crippen molar-refractivity contribution >= 4 is 46.0 Å². The van der Waals surface area contributed by atoms with E-state index >= 15 is 0 Å². The van der Waals surface area contributed by atoms with Crippen molar-refractivity contribution in [1.29, 1.82) is 0 Å². The van der Waals surface area contributed by atoms with Crippen LogP contribution in [0.2, 0.25) is 0 Å². The lowest BCUT2D eigenvalue weighted by atomic mass is 10.1. The highest BCUT2D eigenvalue weighted by atomic mass is 32.2. The second-order valence-corrected chi connectivity index (χ2v) is 6.04. The van der Waals surface area contributed by atoms with E-state index in [9.17, 15) is 4.79 Å². The average molecular weight is 288 g/mol. The van der Waals surface area contributed by atoms with Gasteiger partial charge in [0, 0.05) is 19.8 Å². The Morgan fingerprint density at radius 1 is 1.11 bits per heavy atom. The molecule has 2 aliphatic heterocycles. The minimum absolute atomic E-state index is 0.0270. The van der Waals surface area contributed by atoms with E-state index in [0.29, 0.717) is 9.23 Å². The van der Waals surface area contributed by atoms with E-state index in [1.807, 2.05) is 42.3 Å². The van der Waals surface area contributed by atoms with Crippen LogP contribution in [0.5, 0.6) is 0 Å². The third-order valence-corrected chi connectivity index (χ3v) is 4.84. The van der Waals surface area contributed by atoms with Crippen molar-refractivity contribution in [3.05, 3.63) is 46.5 Å². The lowest BCUT2D eigenvalue weighted by Crippen LogP contribution is -2.25. The maximum Gasteiger partial charge on any atom is 0.268 e. The average Bonchev–Trinajstić information content (AvgIpc) is 2.67. The minimum Gasteiger partial charge on any atom is -0.343 e. The predicted molar refractivity (Wildman–Crippen MR) is 83.9 cm³/mol. The Labute approximate surface area is 121 Å². The molecular formula is C14H12N2OS2. The Morgan fingerprint density at radius 3 is 2.53 bits per heavy atom. The summed E-state index contributed by atoms with van der Waals surface area (Å²) in [5.74, 6) is -0.0270. The monoisotopic (exact) mass is 288 g/mol. The van der Waals surface area contributed by atoms with E-state index in [2.05, 4.69) is 6.07 Å². The van der Waals surface area contributed by atoms with E-state index in [0.717, 1.165) is 16.9 Å². The highest BCUT2D eigenvalue weighted by molar-refractivity contribution is 8.26. The molecule has 0 unspecified atom stereocenters. The molecule has 0 aliphatic carbocycles. The zero-order valence-electron chi connectivity index (χ0n) is 10.6. The van der Waals surface area contributed by atoms with Gasteiger partial charge in [0.1, 0.15) is 9.23 Å². The van der Waals surface area contributed by atoms with E-state index in [4.69, 9.17) is 12.2 Å². The summed E-state index contributed by atoms with van der Waals surface area (Å²) in [4.78, 5) is 16.4. The van der Waals surface area contributed by atoms with Crippen molar-refractivity contribution in [3.63, 3.8) is 0 Å². The first-order valence-electron chi connectivity index (χ1n) is 5.84. The van der Waals surface area contributed by atoms with Crippen LogP contribution < -0.4 is 4.90 Å². The molecule has 19 heavy (non-hydrogen) atoms. The van der Waals surface area contributed by atoms with Gasteiger partial charge in [-0.05, 0) is 17.7 Å². The summed E-state index contributed by atoms with van der Waals surface area (Å²) in [6.45, 7) is 0. The molecule has 0 aromatic heterocycles. The quantitative estimate of drug-likeness (QED) is 0.541. The third kappa shape index (κ3) is 1.89. The fourth-order valence-corrected chi connectivity index (χ4v) is 3.43. The highest BCUT2D eigenvalue weighted by Crippen LogP contribution is 2.38. The van der Waals surface area contributed by atoms with Gasteiger partial charge in [-0.2, -0.15) is 0 Å². The first-order chi connectivity index (χ1) is 9.09.